The summed E-state index contributed by atoms with van der Waals surface area (Å²) in [5, 5.41) is 3.08. The number of nitrogens with zero attached hydrogens (tertiary/aromatic N) is 1. The summed E-state index contributed by atoms with van der Waals surface area (Å²) < 4.78 is 11.3. The SMILES string of the molecule is COc1ccc2c(c1)OC(c1csc(C)n1)C[C@@H]2N. The first-order valence-electron chi connectivity index (χ1n) is 6.19. The van der Waals surface area contributed by atoms with E-state index < -0.39 is 0 Å². The Morgan fingerprint density at radius 3 is 3.00 bits per heavy atom. The molecule has 2 N–H and O–H groups in total. The Labute approximate surface area is 116 Å². The van der Waals surface area contributed by atoms with Gasteiger partial charge in [0.15, 0.2) is 0 Å². The van der Waals surface area contributed by atoms with Crippen LogP contribution in [0.5, 0.6) is 11.5 Å². The number of benzene rings is 1. The summed E-state index contributed by atoms with van der Waals surface area (Å²) in [4.78, 5) is 4.49. The minimum atomic E-state index is -0.0699. The van der Waals surface area contributed by atoms with Crippen molar-refractivity contribution < 1.29 is 9.47 Å². The standard InChI is InChI=1S/C14H16N2O2S/c1-8-16-12(7-19-8)14-6-11(15)10-4-3-9(17-2)5-13(10)18-14/h3-5,7,11,14H,6,15H2,1-2H3/t11-,14?/m0/s1. The molecular formula is C14H16N2O2S. The maximum atomic E-state index is 6.23. The van der Waals surface area contributed by atoms with Gasteiger partial charge in [-0.15, -0.1) is 11.3 Å². The average molecular weight is 276 g/mol. The molecule has 2 atom stereocenters. The molecule has 0 fully saturated rings. The summed E-state index contributed by atoms with van der Waals surface area (Å²) >= 11 is 1.63. The van der Waals surface area contributed by atoms with E-state index in [9.17, 15) is 0 Å². The van der Waals surface area contributed by atoms with Crippen molar-refractivity contribution in [2.75, 3.05) is 7.11 Å². The third-order valence-electron chi connectivity index (χ3n) is 3.32. The van der Waals surface area contributed by atoms with Crippen LogP contribution in [-0.4, -0.2) is 12.1 Å². The second kappa shape index (κ2) is 4.83. The van der Waals surface area contributed by atoms with Crippen LogP contribution in [0.3, 0.4) is 0 Å². The molecule has 2 aromatic rings. The molecule has 0 saturated carbocycles. The largest absolute Gasteiger partial charge is 0.497 e. The normalized spacial score (nSPS) is 21.6. The number of fused-ring (bicyclic) bond motifs is 1. The van der Waals surface area contributed by atoms with Crippen LogP contribution in [0.1, 0.15) is 34.8 Å². The van der Waals surface area contributed by atoms with E-state index in [-0.39, 0.29) is 12.1 Å². The number of hydrogen-bond acceptors (Lipinski definition) is 5. The van der Waals surface area contributed by atoms with Gasteiger partial charge in [-0.3, -0.25) is 0 Å². The number of ether oxygens (including phenoxy) is 2. The molecule has 3 rings (SSSR count). The topological polar surface area (TPSA) is 57.4 Å². The van der Waals surface area contributed by atoms with Gasteiger partial charge in [-0.25, -0.2) is 4.98 Å². The molecule has 100 valence electrons. The van der Waals surface area contributed by atoms with Gasteiger partial charge < -0.3 is 15.2 Å². The maximum absolute atomic E-state index is 6.23. The fourth-order valence-corrected chi connectivity index (χ4v) is 2.97. The Bertz CT molecular complexity index is 597. The van der Waals surface area contributed by atoms with Gasteiger partial charge in [-0.2, -0.15) is 0 Å². The molecule has 0 amide bonds. The highest BCUT2D eigenvalue weighted by Crippen LogP contribution is 2.41. The summed E-state index contributed by atoms with van der Waals surface area (Å²) in [6, 6.07) is 5.75. The second-order valence-corrected chi connectivity index (χ2v) is 5.71. The number of rotatable bonds is 2. The van der Waals surface area contributed by atoms with Crippen LogP contribution in [0.2, 0.25) is 0 Å². The van der Waals surface area contributed by atoms with Crippen LogP contribution in [0.15, 0.2) is 23.6 Å². The zero-order valence-electron chi connectivity index (χ0n) is 10.9. The van der Waals surface area contributed by atoms with Crippen LogP contribution in [0, 0.1) is 6.92 Å². The molecule has 0 saturated heterocycles. The van der Waals surface area contributed by atoms with Gasteiger partial charge in [-0.1, -0.05) is 6.07 Å². The van der Waals surface area contributed by atoms with E-state index in [0.29, 0.717) is 0 Å². The summed E-state index contributed by atoms with van der Waals surface area (Å²) in [5.41, 5.74) is 8.22. The van der Waals surface area contributed by atoms with E-state index in [1.165, 1.54) is 0 Å². The molecule has 0 radical (unpaired) electrons. The van der Waals surface area contributed by atoms with Crippen molar-refractivity contribution in [1.29, 1.82) is 0 Å². The zero-order valence-corrected chi connectivity index (χ0v) is 11.7. The highest BCUT2D eigenvalue weighted by atomic mass is 32.1. The minimum Gasteiger partial charge on any atom is -0.497 e. The smallest absolute Gasteiger partial charge is 0.143 e. The molecule has 1 aliphatic heterocycles. The number of thiazole rings is 1. The first-order valence-corrected chi connectivity index (χ1v) is 7.07. The van der Waals surface area contributed by atoms with Crippen molar-refractivity contribution >= 4 is 11.3 Å². The Morgan fingerprint density at radius 2 is 2.32 bits per heavy atom. The van der Waals surface area contributed by atoms with Crippen molar-refractivity contribution in [3.8, 4) is 11.5 Å². The molecule has 1 aliphatic rings. The summed E-state index contributed by atoms with van der Waals surface area (Å²) in [6.45, 7) is 1.99. The molecule has 19 heavy (non-hydrogen) atoms. The van der Waals surface area contributed by atoms with E-state index in [0.717, 1.165) is 34.2 Å². The molecule has 1 aromatic heterocycles. The van der Waals surface area contributed by atoms with Crippen LogP contribution < -0.4 is 15.2 Å². The van der Waals surface area contributed by atoms with Gasteiger partial charge in [-0.05, 0) is 13.0 Å². The summed E-state index contributed by atoms with van der Waals surface area (Å²) in [7, 11) is 1.64. The van der Waals surface area contributed by atoms with E-state index in [1.807, 2.05) is 30.5 Å². The molecule has 0 aliphatic carbocycles. The Balaban J connectivity index is 1.93. The first kappa shape index (κ1) is 12.4. The van der Waals surface area contributed by atoms with E-state index in [2.05, 4.69) is 4.98 Å². The molecule has 4 nitrogen and oxygen atoms in total. The third-order valence-corrected chi connectivity index (χ3v) is 4.12. The Kier molecular flexibility index (Phi) is 3.16. The fourth-order valence-electron chi connectivity index (χ4n) is 2.32. The Morgan fingerprint density at radius 1 is 1.47 bits per heavy atom. The van der Waals surface area contributed by atoms with Crippen molar-refractivity contribution in [3.63, 3.8) is 0 Å². The minimum absolute atomic E-state index is 0.0262. The van der Waals surface area contributed by atoms with Crippen LogP contribution >= 0.6 is 11.3 Å². The lowest BCUT2D eigenvalue weighted by Gasteiger charge is -2.29. The Hall–Kier alpha value is -1.59. The predicted molar refractivity (Wildman–Crippen MR) is 74.8 cm³/mol. The van der Waals surface area contributed by atoms with Gasteiger partial charge in [0.2, 0.25) is 0 Å². The second-order valence-electron chi connectivity index (χ2n) is 4.64. The van der Waals surface area contributed by atoms with Crippen LogP contribution in [0.4, 0.5) is 0 Å². The first-order chi connectivity index (χ1) is 9.17. The molecule has 5 heteroatoms. The number of aromatic nitrogens is 1. The number of hydrogen-bond donors (Lipinski definition) is 1. The van der Waals surface area contributed by atoms with Crippen molar-refractivity contribution in [2.24, 2.45) is 5.73 Å². The van der Waals surface area contributed by atoms with Crippen molar-refractivity contribution in [2.45, 2.75) is 25.5 Å². The van der Waals surface area contributed by atoms with E-state index in [1.54, 1.807) is 18.4 Å². The van der Waals surface area contributed by atoms with Crippen LogP contribution in [-0.2, 0) is 0 Å². The lowest BCUT2D eigenvalue weighted by atomic mass is 9.96. The lowest BCUT2D eigenvalue weighted by Crippen LogP contribution is -2.24. The lowest BCUT2D eigenvalue weighted by molar-refractivity contribution is 0.157. The maximum Gasteiger partial charge on any atom is 0.143 e. The molecular weight excluding hydrogens is 260 g/mol. The number of aryl methyl sites for hydroxylation is 1. The van der Waals surface area contributed by atoms with Gasteiger partial charge in [0, 0.05) is 29.5 Å². The van der Waals surface area contributed by atoms with Crippen molar-refractivity contribution in [3.05, 3.63) is 39.8 Å². The molecule has 2 heterocycles. The molecule has 0 bridgehead atoms. The van der Waals surface area contributed by atoms with E-state index >= 15 is 0 Å². The van der Waals surface area contributed by atoms with Crippen LogP contribution in [0.25, 0.3) is 0 Å². The van der Waals surface area contributed by atoms with Gasteiger partial charge in [0.05, 0.1) is 17.8 Å². The van der Waals surface area contributed by atoms with Gasteiger partial charge in [0.1, 0.15) is 17.6 Å². The quantitative estimate of drug-likeness (QED) is 0.916. The third kappa shape index (κ3) is 2.31. The highest BCUT2D eigenvalue weighted by molar-refractivity contribution is 7.09. The summed E-state index contributed by atoms with van der Waals surface area (Å²) in [5.74, 6) is 1.58. The molecule has 0 spiro atoms. The zero-order chi connectivity index (χ0) is 13.4. The predicted octanol–water partition coefficient (Wildman–Crippen LogP) is 2.98. The number of nitrogens with two attached hydrogens (primary N) is 1. The average Bonchev–Trinajstić information content (AvgIpc) is 2.84. The van der Waals surface area contributed by atoms with E-state index in [4.69, 9.17) is 15.2 Å². The van der Waals surface area contributed by atoms with Gasteiger partial charge >= 0.3 is 0 Å². The van der Waals surface area contributed by atoms with Crippen molar-refractivity contribution in [1.82, 2.24) is 4.98 Å². The summed E-state index contributed by atoms with van der Waals surface area (Å²) in [6.07, 6.45) is 0.683. The van der Waals surface area contributed by atoms with Gasteiger partial charge in [0.25, 0.3) is 0 Å². The molecule has 1 unspecified atom stereocenters. The number of methoxy groups -OCH3 is 1. The highest BCUT2D eigenvalue weighted by Gasteiger charge is 2.28. The fraction of sp³-hybridized carbons (Fsp3) is 0.357. The molecule has 1 aromatic carbocycles. The monoisotopic (exact) mass is 276 g/mol.